The number of nitrogens with one attached hydrogen (secondary N) is 2. The van der Waals surface area contributed by atoms with E-state index >= 15 is 0 Å². The number of thiazole rings is 1. The fourth-order valence-electron chi connectivity index (χ4n) is 3.70. The van der Waals surface area contributed by atoms with Crippen LogP contribution < -0.4 is 10.0 Å². The van der Waals surface area contributed by atoms with Gasteiger partial charge in [0.25, 0.3) is 15.9 Å². The summed E-state index contributed by atoms with van der Waals surface area (Å²) in [4.78, 5) is 29.2. The molecule has 0 atom stereocenters. The first kappa shape index (κ1) is 27.3. The molecular weight excluding hydrogens is 522 g/mol. The third-order valence-corrected chi connectivity index (χ3v) is 8.30. The number of rotatable bonds is 7. The lowest BCUT2D eigenvalue weighted by atomic mass is 9.87. The van der Waals surface area contributed by atoms with Gasteiger partial charge in [0.1, 0.15) is 0 Å². The molecule has 1 amide bonds. The fraction of sp³-hybridized carbons (Fsp3) is 0.250. The molecular formula is C28H29N3O5S2. The third kappa shape index (κ3) is 6.38. The van der Waals surface area contributed by atoms with Gasteiger partial charge in [-0.1, -0.05) is 50.3 Å². The number of aromatic nitrogens is 1. The number of esters is 1. The van der Waals surface area contributed by atoms with Crippen molar-refractivity contribution in [2.75, 3.05) is 16.6 Å². The van der Waals surface area contributed by atoms with Crippen LogP contribution in [0.3, 0.4) is 0 Å². The van der Waals surface area contributed by atoms with E-state index in [9.17, 15) is 18.0 Å². The molecule has 0 bridgehead atoms. The number of hydrogen-bond acceptors (Lipinski definition) is 7. The summed E-state index contributed by atoms with van der Waals surface area (Å²) in [5.41, 5.74) is 3.68. The lowest BCUT2D eigenvalue weighted by molar-refractivity contribution is -0.119. The minimum absolute atomic E-state index is 0.183. The summed E-state index contributed by atoms with van der Waals surface area (Å²) >= 11 is 1.34. The van der Waals surface area contributed by atoms with Gasteiger partial charge in [-0.25, -0.2) is 18.2 Å². The molecule has 4 aromatic rings. The van der Waals surface area contributed by atoms with Crippen molar-refractivity contribution in [3.63, 3.8) is 0 Å². The van der Waals surface area contributed by atoms with Gasteiger partial charge >= 0.3 is 5.97 Å². The molecule has 4 rings (SSSR count). The van der Waals surface area contributed by atoms with Crippen molar-refractivity contribution in [1.82, 2.24) is 4.98 Å². The molecule has 0 aliphatic rings. The van der Waals surface area contributed by atoms with Gasteiger partial charge in [-0.2, -0.15) is 0 Å². The van der Waals surface area contributed by atoms with E-state index in [-0.39, 0.29) is 15.9 Å². The Kier molecular flexibility index (Phi) is 7.57. The second kappa shape index (κ2) is 10.5. The Morgan fingerprint density at radius 1 is 0.974 bits per heavy atom. The van der Waals surface area contributed by atoms with Crippen LogP contribution in [0.4, 0.5) is 10.8 Å². The molecule has 10 heteroatoms. The van der Waals surface area contributed by atoms with Crippen LogP contribution in [0.25, 0.3) is 10.2 Å². The van der Waals surface area contributed by atoms with Crippen LogP contribution in [0.1, 0.15) is 47.8 Å². The number of carbonyl (C=O) groups excluding carboxylic acids is 2. The van der Waals surface area contributed by atoms with Crippen LogP contribution in [-0.2, 0) is 25.0 Å². The number of anilines is 2. The van der Waals surface area contributed by atoms with Gasteiger partial charge in [0.15, 0.2) is 11.7 Å². The summed E-state index contributed by atoms with van der Waals surface area (Å²) in [6, 6.07) is 17.0. The zero-order valence-corrected chi connectivity index (χ0v) is 23.4. The van der Waals surface area contributed by atoms with Gasteiger partial charge in [0.05, 0.1) is 20.7 Å². The van der Waals surface area contributed by atoms with E-state index in [4.69, 9.17) is 4.74 Å². The number of fused-ring (bicyclic) bond motifs is 1. The molecule has 0 unspecified atom stereocenters. The minimum Gasteiger partial charge on any atom is -0.452 e. The number of nitrogens with zero attached hydrogens (tertiary/aromatic N) is 1. The summed E-state index contributed by atoms with van der Waals surface area (Å²) in [6.45, 7) is 9.30. The number of amides is 1. The van der Waals surface area contributed by atoms with E-state index in [2.05, 4.69) is 15.0 Å². The molecule has 0 fully saturated rings. The molecule has 38 heavy (non-hydrogen) atoms. The van der Waals surface area contributed by atoms with E-state index in [1.54, 1.807) is 19.1 Å². The Hall–Kier alpha value is -3.76. The fourth-order valence-corrected chi connectivity index (χ4v) is 6.01. The Morgan fingerprint density at radius 2 is 1.68 bits per heavy atom. The van der Waals surface area contributed by atoms with Crippen LogP contribution in [0.2, 0.25) is 0 Å². The van der Waals surface area contributed by atoms with E-state index in [0.717, 1.165) is 21.3 Å². The smallest absolute Gasteiger partial charge is 0.338 e. The lowest BCUT2D eigenvalue weighted by Gasteiger charge is -2.21. The maximum atomic E-state index is 13.1. The summed E-state index contributed by atoms with van der Waals surface area (Å²) in [6.07, 6.45) is 0. The van der Waals surface area contributed by atoms with Crippen LogP contribution in [0.15, 0.2) is 65.6 Å². The Morgan fingerprint density at radius 3 is 2.37 bits per heavy atom. The first-order valence-electron chi connectivity index (χ1n) is 11.9. The van der Waals surface area contributed by atoms with Crippen molar-refractivity contribution in [2.24, 2.45) is 0 Å². The molecule has 1 aromatic heterocycles. The van der Waals surface area contributed by atoms with E-state index in [1.807, 2.05) is 52.0 Å². The summed E-state index contributed by atoms with van der Waals surface area (Å²) in [7, 11) is -3.85. The monoisotopic (exact) mass is 551 g/mol. The van der Waals surface area contributed by atoms with Gasteiger partial charge in [-0.3, -0.25) is 14.8 Å². The van der Waals surface area contributed by atoms with Crippen LogP contribution in [0, 0.1) is 13.8 Å². The molecule has 0 saturated heterocycles. The summed E-state index contributed by atoms with van der Waals surface area (Å²) in [5, 5.41) is 3.06. The zero-order chi connectivity index (χ0) is 27.7. The average molecular weight is 552 g/mol. The van der Waals surface area contributed by atoms with Crippen molar-refractivity contribution < 1.29 is 22.7 Å². The number of sulfonamides is 1. The molecule has 3 aromatic carbocycles. The van der Waals surface area contributed by atoms with Crippen molar-refractivity contribution >= 4 is 54.3 Å². The number of aryl methyl sites for hydroxylation is 2. The first-order chi connectivity index (χ1) is 17.8. The number of hydrogen-bond donors (Lipinski definition) is 2. The highest BCUT2D eigenvalue weighted by Crippen LogP contribution is 2.28. The zero-order valence-electron chi connectivity index (χ0n) is 21.8. The third-order valence-electron chi connectivity index (χ3n) is 5.84. The van der Waals surface area contributed by atoms with Crippen molar-refractivity contribution in [2.45, 2.75) is 44.9 Å². The Bertz CT molecular complexity index is 1620. The van der Waals surface area contributed by atoms with Crippen LogP contribution >= 0.6 is 11.3 Å². The highest BCUT2D eigenvalue weighted by molar-refractivity contribution is 7.92. The standard InChI is InChI=1S/C28H29N3O5S2/c1-17-6-13-22-23(14-17)37-27(29-22)30-25(32)16-36-26(33)19-8-11-21(12-9-19)31-38(34,35)24-15-20(28(3,4)5)10-7-18(24)2/h6-15,31H,16H2,1-5H3,(H,29,30,32). The largest absolute Gasteiger partial charge is 0.452 e. The molecule has 198 valence electrons. The van der Waals surface area contributed by atoms with E-state index < -0.39 is 28.5 Å². The SMILES string of the molecule is Cc1ccc2nc(NC(=O)COC(=O)c3ccc(NS(=O)(=O)c4cc(C(C)(C)C)ccc4C)cc3)sc2c1. The van der Waals surface area contributed by atoms with Gasteiger partial charge in [0.2, 0.25) is 0 Å². The maximum Gasteiger partial charge on any atom is 0.338 e. The number of benzene rings is 3. The molecule has 0 radical (unpaired) electrons. The summed E-state index contributed by atoms with van der Waals surface area (Å²) in [5.74, 6) is -1.21. The molecule has 0 spiro atoms. The van der Waals surface area contributed by atoms with Crippen molar-refractivity contribution in [1.29, 1.82) is 0 Å². The normalized spacial score (nSPS) is 11.8. The van der Waals surface area contributed by atoms with Crippen molar-refractivity contribution in [3.8, 4) is 0 Å². The second-order valence-corrected chi connectivity index (χ2v) is 12.7. The van der Waals surface area contributed by atoms with Gasteiger partial charge in [-0.05, 0) is 78.4 Å². The second-order valence-electron chi connectivity index (χ2n) is 10.0. The molecule has 1 heterocycles. The Labute approximate surface area is 226 Å². The molecule has 2 N–H and O–H groups in total. The Balaban J connectivity index is 1.36. The number of ether oxygens (including phenoxy) is 1. The maximum absolute atomic E-state index is 13.1. The predicted molar refractivity (Wildman–Crippen MR) is 150 cm³/mol. The summed E-state index contributed by atoms with van der Waals surface area (Å²) < 4.78 is 34.8. The average Bonchev–Trinajstić information content (AvgIpc) is 3.23. The van der Waals surface area contributed by atoms with E-state index in [0.29, 0.717) is 16.4 Å². The van der Waals surface area contributed by atoms with Crippen LogP contribution in [-0.4, -0.2) is 31.9 Å². The topological polar surface area (TPSA) is 114 Å². The van der Waals surface area contributed by atoms with Gasteiger partial charge in [-0.15, -0.1) is 0 Å². The molecule has 0 aliphatic carbocycles. The highest BCUT2D eigenvalue weighted by atomic mass is 32.2. The predicted octanol–water partition coefficient (Wildman–Crippen LogP) is 5.81. The van der Waals surface area contributed by atoms with Crippen molar-refractivity contribution in [3.05, 3.63) is 82.9 Å². The quantitative estimate of drug-likeness (QED) is 0.280. The van der Waals surface area contributed by atoms with Gasteiger partial charge < -0.3 is 4.74 Å². The lowest BCUT2D eigenvalue weighted by Crippen LogP contribution is -2.21. The van der Waals surface area contributed by atoms with E-state index in [1.165, 1.54) is 35.6 Å². The molecule has 0 saturated carbocycles. The number of carbonyl (C=O) groups is 2. The van der Waals surface area contributed by atoms with Gasteiger partial charge in [0, 0.05) is 5.69 Å². The molecule has 0 aliphatic heterocycles. The van der Waals surface area contributed by atoms with Crippen LogP contribution in [0.5, 0.6) is 0 Å². The first-order valence-corrected chi connectivity index (χ1v) is 14.2. The minimum atomic E-state index is -3.85. The highest BCUT2D eigenvalue weighted by Gasteiger charge is 2.22. The molecule has 8 nitrogen and oxygen atoms in total.